The van der Waals surface area contributed by atoms with Crippen molar-refractivity contribution < 1.29 is 9.53 Å². The van der Waals surface area contributed by atoms with Gasteiger partial charge in [-0.25, -0.2) is 0 Å². The van der Waals surface area contributed by atoms with Gasteiger partial charge in [0, 0.05) is 0 Å². The number of carbonyl (C=O) groups excluding carboxylic acids is 1. The van der Waals surface area contributed by atoms with Crippen LogP contribution in [0.1, 0.15) is 83.6 Å². The van der Waals surface area contributed by atoms with E-state index in [-0.39, 0.29) is 12.1 Å². The number of carbonyl (C=O) groups is 1. The first-order valence-corrected chi connectivity index (χ1v) is 9.49. The number of esters is 1. The second kappa shape index (κ2) is 13.2. The van der Waals surface area contributed by atoms with E-state index in [1.807, 2.05) is 30.3 Å². The number of hydrogen-bond acceptors (Lipinski definition) is 2. The predicted octanol–water partition coefficient (Wildman–Crippen LogP) is 6.08. The smallest absolute Gasteiger partial charge is 0.310 e. The molecular weight excluding hydrogens is 284 g/mol. The molecule has 1 unspecified atom stereocenters. The average molecular weight is 319 g/mol. The van der Waals surface area contributed by atoms with Gasteiger partial charge < -0.3 is 4.74 Å². The maximum atomic E-state index is 12.1. The van der Waals surface area contributed by atoms with E-state index in [9.17, 15) is 4.79 Å². The Morgan fingerprint density at radius 2 is 1.52 bits per heavy atom. The molecule has 1 aromatic carbocycles. The van der Waals surface area contributed by atoms with Gasteiger partial charge in [0.1, 0.15) is 6.10 Å². The van der Waals surface area contributed by atoms with E-state index < -0.39 is 0 Å². The van der Waals surface area contributed by atoms with E-state index in [2.05, 4.69) is 13.8 Å². The molecule has 0 aliphatic carbocycles. The molecule has 0 heterocycles. The first-order valence-electron chi connectivity index (χ1n) is 9.49. The van der Waals surface area contributed by atoms with Crippen molar-refractivity contribution in [3.63, 3.8) is 0 Å². The van der Waals surface area contributed by atoms with Gasteiger partial charge in [0.25, 0.3) is 0 Å². The van der Waals surface area contributed by atoms with E-state index in [1.165, 1.54) is 44.9 Å². The molecule has 0 N–H and O–H groups in total. The van der Waals surface area contributed by atoms with Gasteiger partial charge in [-0.2, -0.15) is 0 Å². The summed E-state index contributed by atoms with van der Waals surface area (Å²) in [6.45, 7) is 4.40. The largest absolute Gasteiger partial charge is 0.462 e. The lowest BCUT2D eigenvalue weighted by Gasteiger charge is -2.17. The predicted molar refractivity (Wildman–Crippen MR) is 97.5 cm³/mol. The van der Waals surface area contributed by atoms with Crippen LogP contribution in [0.4, 0.5) is 0 Å². The van der Waals surface area contributed by atoms with E-state index in [4.69, 9.17) is 4.74 Å². The van der Waals surface area contributed by atoms with E-state index in [0.717, 1.165) is 24.8 Å². The second-order valence-corrected chi connectivity index (χ2v) is 6.47. The van der Waals surface area contributed by atoms with Crippen LogP contribution in [-0.2, 0) is 16.0 Å². The molecule has 0 aliphatic rings. The third kappa shape index (κ3) is 10.1. The highest BCUT2D eigenvalue weighted by Crippen LogP contribution is 2.15. The normalized spacial score (nSPS) is 12.1. The molecule has 0 fully saturated rings. The summed E-state index contributed by atoms with van der Waals surface area (Å²) < 4.78 is 5.70. The van der Waals surface area contributed by atoms with Gasteiger partial charge in [0.2, 0.25) is 0 Å². The third-order valence-electron chi connectivity index (χ3n) is 4.23. The van der Waals surface area contributed by atoms with Crippen LogP contribution < -0.4 is 0 Å². The molecule has 0 bridgehead atoms. The summed E-state index contributed by atoms with van der Waals surface area (Å²) in [4.78, 5) is 12.1. The van der Waals surface area contributed by atoms with Crippen molar-refractivity contribution in [2.24, 2.45) is 0 Å². The van der Waals surface area contributed by atoms with Crippen LogP contribution in [0.25, 0.3) is 0 Å². The highest BCUT2D eigenvalue weighted by atomic mass is 16.5. The van der Waals surface area contributed by atoms with Crippen molar-refractivity contribution in [3.8, 4) is 0 Å². The zero-order chi connectivity index (χ0) is 16.8. The number of hydrogen-bond donors (Lipinski definition) is 0. The minimum atomic E-state index is -0.0856. The number of rotatable bonds is 13. The Hall–Kier alpha value is -1.31. The molecule has 23 heavy (non-hydrogen) atoms. The van der Waals surface area contributed by atoms with Gasteiger partial charge in [-0.15, -0.1) is 0 Å². The molecule has 0 amide bonds. The van der Waals surface area contributed by atoms with Crippen molar-refractivity contribution in [1.82, 2.24) is 0 Å². The monoisotopic (exact) mass is 318 g/mol. The van der Waals surface area contributed by atoms with E-state index >= 15 is 0 Å². The fraction of sp³-hybridized carbons (Fsp3) is 0.667. The summed E-state index contributed by atoms with van der Waals surface area (Å²) in [5, 5.41) is 0. The first-order chi connectivity index (χ1) is 11.3. The van der Waals surface area contributed by atoms with E-state index in [1.54, 1.807) is 0 Å². The maximum Gasteiger partial charge on any atom is 0.310 e. The van der Waals surface area contributed by atoms with Crippen molar-refractivity contribution >= 4 is 5.97 Å². The summed E-state index contributed by atoms with van der Waals surface area (Å²) in [6.07, 6.45) is 12.7. The topological polar surface area (TPSA) is 26.3 Å². The van der Waals surface area contributed by atoms with Crippen LogP contribution in [0.3, 0.4) is 0 Å². The van der Waals surface area contributed by atoms with Crippen LogP contribution >= 0.6 is 0 Å². The molecule has 0 saturated heterocycles. The number of benzene rings is 1. The van der Waals surface area contributed by atoms with Crippen LogP contribution in [0.2, 0.25) is 0 Å². The lowest BCUT2D eigenvalue weighted by molar-refractivity contribution is -0.149. The lowest BCUT2D eigenvalue weighted by atomic mass is 10.0. The molecule has 0 saturated carbocycles. The molecule has 2 heteroatoms. The molecule has 1 rings (SSSR count). The third-order valence-corrected chi connectivity index (χ3v) is 4.23. The van der Waals surface area contributed by atoms with Gasteiger partial charge in [-0.05, 0) is 24.8 Å². The number of ether oxygens (including phenoxy) is 1. The van der Waals surface area contributed by atoms with Crippen molar-refractivity contribution in [2.75, 3.05) is 0 Å². The molecule has 130 valence electrons. The Balaban J connectivity index is 2.21. The quantitative estimate of drug-likeness (QED) is 0.325. The lowest BCUT2D eigenvalue weighted by Crippen LogP contribution is -2.19. The Kier molecular flexibility index (Phi) is 11.3. The Morgan fingerprint density at radius 1 is 0.870 bits per heavy atom. The van der Waals surface area contributed by atoms with Crippen molar-refractivity contribution in [2.45, 2.75) is 90.6 Å². The second-order valence-electron chi connectivity index (χ2n) is 6.47. The molecule has 1 atom stereocenters. The zero-order valence-corrected chi connectivity index (χ0v) is 15.1. The Labute approximate surface area is 142 Å². The average Bonchev–Trinajstić information content (AvgIpc) is 2.55. The van der Waals surface area contributed by atoms with Gasteiger partial charge in [0.05, 0.1) is 6.42 Å². The molecule has 0 aliphatic heterocycles. The van der Waals surface area contributed by atoms with Gasteiger partial charge in [-0.1, -0.05) is 89.1 Å². The molecule has 0 spiro atoms. The van der Waals surface area contributed by atoms with Crippen LogP contribution in [0.5, 0.6) is 0 Å². The fourth-order valence-electron chi connectivity index (χ4n) is 2.90. The summed E-state index contributed by atoms with van der Waals surface area (Å²) >= 11 is 0. The summed E-state index contributed by atoms with van der Waals surface area (Å²) in [6, 6.07) is 9.85. The molecule has 1 aromatic rings. The Bertz CT molecular complexity index is 400. The van der Waals surface area contributed by atoms with Gasteiger partial charge >= 0.3 is 5.97 Å². The standard InChI is InChI=1S/C21H34O2/c1-3-5-6-7-8-9-13-17-20(14-4-2)23-21(22)18-19-15-11-10-12-16-19/h10-12,15-16,20H,3-9,13-14,17-18H2,1-2H3. The van der Waals surface area contributed by atoms with Crippen LogP contribution in [0.15, 0.2) is 30.3 Å². The van der Waals surface area contributed by atoms with Crippen molar-refractivity contribution in [3.05, 3.63) is 35.9 Å². The van der Waals surface area contributed by atoms with Crippen LogP contribution in [-0.4, -0.2) is 12.1 Å². The summed E-state index contributed by atoms with van der Waals surface area (Å²) in [5.74, 6) is -0.0856. The highest BCUT2D eigenvalue weighted by molar-refractivity contribution is 5.72. The highest BCUT2D eigenvalue weighted by Gasteiger charge is 2.13. The minimum absolute atomic E-state index is 0.0856. The number of unbranched alkanes of at least 4 members (excludes halogenated alkanes) is 6. The SMILES string of the molecule is CCCCCCCCCC(CCC)OC(=O)Cc1ccccc1. The molecule has 2 nitrogen and oxygen atoms in total. The Morgan fingerprint density at radius 3 is 2.17 bits per heavy atom. The van der Waals surface area contributed by atoms with Gasteiger partial charge in [0.15, 0.2) is 0 Å². The maximum absolute atomic E-state index is 12.1. The zero-order valence-electron chi connectivity index (χ0n) is 15.1. The fourth-order valence-corrected chi connectivity index (χ4v) is 2.90. The molecule has 0 aromatic heterocycles. The molecular formula is C21H34O2. The minimum Gasteiger partial charge on any atom is -0.462 e. The molecule has 0 radical (unpaired) electrons. The first kappa shape index (κ1) is 19.7. The van der Waals surface area contributed by atoms with Crippen molar-refractivity contribution in [1.29, 1.82) is 0 Å². The summed E-state index contributed by atoms with van der Waals surface area (Å²) in [5.41, 5.74) is 1.03. The summed E-state index contributed by atoms with van der Waals surface area (Å²) in [7, 11) is 0. The van der Waals surface area contributed by atoms with Crippen LogP contribution in [0, 0.1) is 0 Å². The van der Waals surface area contributed by atoms with E-state index in [0.29, 0.717) is 6.42 Å². The van der Waals surface area contributed by atoms with Gasteiger partial charge in [-0.3, -0.25) is 4.79 Å².